The summed E-state index contributed by atoms with van der Waals surface area (Å²) in [5, 5.41) is 2.83. The van der Waals surface area contributed by atoms with Gasteiger partial charge in [-0.1, -0.05) is 19.9 Å². The SMILES string of the molecule is COc1ccc(N2CCN(C(=O)c3cccc(C(=O)NCC(C)C)n3)CC2)cc1. The Morgan fingerprint density at radius 2 is 1.69 bits per heavy atom. The molecule has 1 aliphatic heterocycles. The molecule has 0 atom stereocenters. The number of piperazine rings is 1. The van der Waals surface area contributed by atoms with Crippen LogP contribution in [-0.4, -0.2) is 61.5 Å². The fourth-order valence-corrected chi connectivity index (χ4v) is 3.19. The number of benzene rings is 1. The molecule has 154 valence electrons. The van der Waals surface area contributed by atoms with Gasteiger partial charge >= 0.3 is 0 Å². The third-order valence-electron chi connectivity index (χ3n) is 4.88. The molecule has 0 bridgehead atoms. The lowest BCUT2D eigenvalue weighted by Gasteiger charge is -2.36. The van der Waals surface area contributed by atoms with E-state index in [1.165, 1.54) is 0 Å². The predicted molar refractivity (Wildman–Crippen MR) is 113 cm³/mol. The van der Waals surface area contributed by atoms with Crippen LogP contribution in [0.1, 0.15) is 34.8 Å². The van der Waals surface area contributed by atoms with Gasteiger partial charge in [0.1, 0.15) is 17.1 Å². The number of amides is 2. The number of pyridine rings is 1. The largest absolute Gasteiger partial charge is 0.497 e. The zero-order valence-corrected chi connectivity index (χ0v) is 17.2. The van der Waals surface area contributed by atoms with E-state index in [1.54, 1.807) is 30.2 Å². The molecular weight excluding hydrogens is 368 g/mol. The fourth-order valence-electron chi connectivity index (χ4n) is 3.19. The minimum atomic E-state index is -0.252. The van der Waals surface area contributed by atoms with Crippen LogP contribution in [0.3, 0.4) is 0 Å². The van der Waals surface area contributed by atoms with Crippen LogP contribution in [0.15, 0.2) is 42.5 Å². The number of carbonyl (C=O) groups is 2. The van der Waals surface area contributed by atoms with E-state index in [-0.39, 0.29) is 17.5 Å². The Morgan fingerprint density at radius 1 is 1.03 bits per heavy atom. The van der Waals surface area contributed by atoms with Gasteiger partial charge < -0.3 is 19.9 Å². The molecule has 29 heavy (non-hydrogen) atoms. The zero-order valence-electron chi connectivity index (χ0n) is 17.2. The highest BCUT2D eigenvalue weighted by molar-refractivity contribution is 5.96. The lowest BCUT2D eigenvalue weighted by molar-refractivity contribution is 0.0740. The van der Waals surface area contributed by atoms with Crippen molar-refractivity contribution in [3.63, 3.8) is 0 Å². The summed E-state index contributed by atoms with van der Waals surface area (Å²) in [5.74, 6) is 0.785. The number of nitrogens with one attached hydrogen (secondary N) is 1. The molecule has 0 spiro atoms. The van der Waals surface area contributed by atoms with Crippen molar-refractivity contribution < 1.29 is 14.3 Å². The van der Waals surface area contributed by atoms with Gasteiger partial charge in [-0.15, -0.1) is 0 Å². The second-order valence-corrected chi connectivity index (χ2v) is 7.49. The van der Waals surface area contributed by atoms with Crippen LogP contribution >= 0.6 is 0 Å². The smallest absolute Gasteiger partial charge is 0.272 e. The van der Waals surface area contributed by atoms with Crippen LogP contribution < -0.4 is 15.0 Å². The van der Waals surface area contributed by atoms with Crippen molar-refractivity contribution in [2.24, 2.45) is 5.92 Å². The summed E-state index contributed by atoms with van der Waals surface area (Å²) in [6.07, 6.45) is 0. The topological polar surface area (TPSA) is 74.8 Å². The average Bonchev–Trinajstić information content (AvgIpc) is 2.77. The van der Waals surface area contributed by atoms with Gasteiger partial charge in [-0.2, -0.15) is 0 Å². The van der Waals surface area contributed by atoms with Crippen molar-refractivity contribution in [3.05, 3.63) is 53.9 Å². The van der Waals surface area contributed by atoms with Crippen LogP contribution in [0.5, 0.6) is 5.75 Å². The highest BCUT2D eigenvalue weighted by atomic mass is 16.5. The molecule has 0 radical (unpaired) electrons. The van der Waals surface area contributed by atoms with E-state index in [0.29, 0.717) is 31.2 Å². The first-order valence-corrected chi connectivity index (χ1v) is 9.91. The maximum Gasteiger partial charge on any atom is 0.272 e. The number of rotatable bonds is 6. The molecule has 0 saturated carbocycles. The van der Waals surface area contributed by atoms with Gasteiger partial charge in [0.2, 0.25) is 0 Å². The van der Waals surface area contributed by atoms with E-state index in [2.05, 4.69) is 15.2 Å². The Balaban J connectivity index is 1.60. The molecule has 0 unspecified atom stereocenters. The molecule has 1 N–H and O–H groups in total. The van der Waals surface area contributed by atoms with Crippen molar-refractivity contribution in [2.45, 2.75) is 13.8 Å². The Morgan fingerprint density at radius 3 is 2.31 bits per heavy atom. The first-order valence-electron chi connectivity index (χ1n) is 9.91. The van der Waals surface area contributed by atoms with E-state index < -0.39 is 0 Å². The summed E-state index contributed by atoms with van der Waals surface area (Å²) in [7, 11) is 1.65. The number of methoxy groups -OCH3 is 1. The number of carbonyl (C=O) groups excluding carboxylic acids is 2. The number of hydrogen-bond donors (Lipinski definition) is 1. The Bertz CT molecular complexity index is 843. The Hall–Kier alpha value is -3.09. The second kappa shape index (κ2) is 9.41. The first-order chi connectivity index (χ1) is 14.0. The number of anilines is 1. The summed E-state index contributed by atoms with van der Waals surface area (Å²) in [5.41, 5.74) is 1.69. The van der Waals surface area contributed by atoms with Crippen molar-refractivity contribution in [2.75, 3.05) is 44.7 Å². The molecule has 1 fully saturated rings. The zero-order chi connectivity index (χ0) is 20.8. The maximum atomic E-state index is 12.9. The number of nitrogens with zero attached hydrogens (tertiary/aromatic N) is 3. The molecule has 0 aliphatic carbocycles. The molecule has 3 rings (SSSR count). The fraction of sp³-hybridized carbons (Fsp3) is 0.409. The van der Waals surface area contributed by atoms with E-state index in [1.807, 2.05) is 38.1 Å². The van der Waals surface area contributed by atoms with Crippen LogP contribution in [0.4, 0.5) is 5.69 Å². The standard InChI is InChI=1S/C22H28N4O3/c1-16(2)15-23-21(27)19-5-4-6-20(24-19)22(28)26-13-11-25(12-14-26)17-7-9-18(29-3)10-8-17/h4-10,16H,11-15H2,1-3H3,(H,23,27). The normalized spacial score (nSPS) is 14.1. The van der Waals surface area contributed by atoms with Gasteiger partial charge in [-0.05, 0) is 42.3 Å². The minimum absolute atomic E-state index is 0.141. The molecule has 7 heteroatoms. The van der Waals surface area contributed by atoms with Crippen LogP contribution in [0.2, 0.25) is 0 Å². The van der Waals surface area contributed by atoms with E-state index in [9.17, 15) is 9.59 Å². The molecule has 7 nitrogen and oxygen atoms in total. The van der Waals surface area contributed by atoms with Gasteiger partial charge in [0.05, 0.1) is 7.11 Å². The maximum absolute atomic E-state index is 12.9. The number of aromatic nitrogens is 1. The lowest BCUT2D eigenvalue weighted by Crippen LogP contribution is -2.49. The van der Waals surface area contributed by atoms with Crippen molar-refractivity contribution >= 4 is 17.5 Å². The van der Waals surface area contributed by atoms with Crippen molar-refractivity contribution in [1.29, 1.82) is 0 Å². The third-order valence-corrected chi connectivity index (χ3v) is 4.88. The Labute approximate surface area is 171 Å². The molecule has 1 aliphatic rings. The molecule has 1 aromatic carbocycles. The van der Waals surface area contributed by atoms with Gasteiger partial charge in [0.15, 0.2) is 0 Å². The first kappa shape index (κ1) is 20.6. The molecule has 2 heterocycles. The van der Waals surface area contributed by atoms with Gasteiger partial charge in [0.25, 0.3) is 11.8 Å². The molecule has 2 aromatic rings. The second-order valence-electron chi connectivity index (χ2n) is 7.49. The average molecular weight is 396 g/mol. The molecule has 1 saturated heterocycles. The number of hydrogen-bond acceptors (Lipinski definition) is 5. The highest BCUT2D eigenvalue weighted by Gasteiger charge is 2.24. The monoisotopic (exact) mass is 396 g/mol. The summed E-state index contributed by atoms with van der Waals surface area (Å²) in [6, 6.07) is 12.9. The van der Waals surface area contributed by atoms with Gasteiger partial charge in [-0.3, -0.25) is 9.59 Å². The molecule has 2 amide bonds. The summed E-state index contributed by atoms with van der Waals surface area (Å²) in [6.45, 7) is 7.33. The quantitative estimate of drug-likeness (QED) is 0.812. The summed E-state index contributed by atoms with van der Waals surface area (Å²) < 4.78 is 5.20. The van der Waals surface area contributed by atoms with E-state index in [0.717, 1.165) is 24.5 Å². The van der Waals surface area contributed by atoms with Gasteiger partial charge in [-0.25, -0.2) is 4.98 Å². The van der Waals surface area contributed by atoms with E-state index >= 15 is 0 Å². The minimum Gasteiger partial charge on any atom is -0.497 e. The summed E-state index contributed by atoms with van der Waals surface area (Å²) >= 11 is 0. The highest BCUT2D eigenvalue weighted by Crippen LogP contribution is 2.21. The van der Waals surface area contributed by atoms with Gasteiger partial charge in [0, 0.05) is 38.4 Å². The van der Waals surface area contributed by atoms with Crippen LogP contribution in [0, 0.1) is 5.92 Å². The Kier molecular flexibility index (Phi) is 6.69. The van der Waals surface area contributed by atoms with E-state index in [4.69, 9.17) is 4.74 Å². The van der Waals surface area contributed by atoms with Crippen molar-refractivity contribution in [3.8, 4) is 5.75 Å². The van der Waals surface area contributed by atoms with Crippen molar-refractivity contribution in [1.82, 2.24) is 15.2 Å². The molecule has 1 aromatic heterocycles. The molecular formula is C22H28N4O3. The summed E-state index contributed by atoms with van der Waals surface area (Å²) in [4.78, 5) is 33.4. The third kappa shape index (κ3) is 5.25. The predicted octanol–water partition coefficient (Wildman–Crippen LogP) is 2.44. The lowest BCUT2D eigenvalue weighted by atomic mass is 10.2. The number of ether oxygens (including phenoxy) is 1. The van der Waals surface area contributed by atoms with Crippen LogP contribution in [0.25, 0.3) is 0 Å². The van der Waals surface area contributed by atoms with Crippen LogP contribution in [-0.2, 0) is 0 Å².